The van der Waals surface area contributed by atoms with E-state index in [2.05, 4.69) is 94.4 Å². The van der Waals surface area contributed by atoms with Crippen molar-refractivity contribution in [2.75, 3.05) is 7.11 Å². The Balaban J connectivity index is 2.57. The van der Waals surface area contributed by atoms with E-state index in [0.717, 1.165) is 0 Å². The molecule has 2 fully saturated rings. The number of hydrogen-bond donors (Lipinski definition) is 1. The summed E-state index contributed by atoms with van der Waals surface area (Å²) >= 11 is 3.12. The van der Waals surface area contributed by atoms with E-state index in [1.807, 2.05) is 0 Å². The monoisotopic (exact) mass is 606 g/mol. The number of ether oxygens (including phenoxy) is 3. The molecule has 0 unspecified atom stereocenters. The first-order chi connectivity index (χ1) is 16.3. The third-order valence-corrected chi connectivity index (χ3v) is 17.6. The van der Waals surface area contributed by atoms with Crippen LogP contribution in [0.25, 0.3) is 0 Å². The highest BCUT2D eigenvalue weighted by molar-refractivity contribution is 9.12. The van der Waals surface area contributed by atoms with Crippen LogP contribution in [0.2, 0.25) is 36.3 Å². The molecule has 1 N–H and O–H groups in total. The van der Waals surface area contributed by atoms with Crippen molar-refractivity contribution >= 4 is 38.5 Å². The number of rotatable bonds is 7. The molecule has 2 rings (SSSR count). The Morgan fingerprint density at radius 1 is 1.00 bits per heavy atom. The first-order valence-electron chi connectivity index (χ1n) is 12.9. The molecule has 0 aromatic carbocycles. The van der Waals surface area contributed by atoms with Gasteiger partial charge in [-0.25, -0.2) is 0 Å². The highest BCUT2D eigenvalue weighted by atomic mass is 79.9. The molecule has 2 saturated heterocycles. The zero-order valence-electron chi connectivity index (χ0n) is 23.9. The van der Waals surface area contributed by atoms with E-state index < -0.39 is 47.2 Å². The molecule has 0 saturated carbocycles. The Hall–Kier alpha value is -0.256. The lowest BCUT2D eigenvalue weighted by Crippen LogP contribution is -2.68. The van der Waals surface area contributed by atoms with Gasteiger partial charge in [-0.1, -0.05) is 47.5 Å². The number of esters is 1. The van der Waals surface area contributed by atoms with Gasteiger partial charge in [-0.05, 0) is 53.9 Å². The lowest BCUT2D eigenvalue weighted by atomic mass is 9.87. The van der Waals surface area contributed by atoms with E-state index in [1.165, 1.54) is 7.11 Å². The van der Waals surface area contributed by atoms with Gasteiger partial charge in [-0.15, -0.1) is 0 Å². The van der Waals surface area contributed by atoms with Gasteiger partial charge < -0.3 is 28.2 Å². The zero-order valence-corrected chi connectivity index (χ0v) is 27.5. The number of aliphatic hydroxyl groups excluding tert-OH is 1. The summed E-state index contributed by atoms with van der Waals surface area (Å²) in [5.74, 6) is 2.51. The normalized spacial score (nSPS) is 30.6. The largest absolute Gasteiger partial charge is 0.469 e. The molecule has 0 amide bonds. The fourth-order valence-electron chi connectivity index (χ4n) is 4.09. The summed E-state index contributed by atoms with van der Waals surface area (Å²) in [6.07, 6.45) is -2.31. The van der Waals surface area contributed by atoms with Crippen LogP contribution in [0.3, 0.4) is 0 Å². The van der Waals surface area contributed by atoms with E-state index in [4.69, 9.17) is 23.1 Å². The summed E-state index contributed by atoms with van der Waals surface area (Å²) in [6, 6.07) is 0. The van der Waals surface area contributed by atoms with Crippen molar-refractivity contribution in [2.45, 2.75) is 140 Å². The molecule has 208 valence electrons. The van der Waals surface area contributed by atoms with Gasteiger partial charge in [0.15, 0.2) is 16.6 Å². The summed E-state index contributed by atoms with van der Waals surface area (Å²) in [4.78, 5) is 14.7. The van der Waals surface area contributed by atoms with Crippen LogP contribution in [-0.4, -0.2) is 77.5 Å². The van der Waals surface area contributed by atoms with Crippen LogP contribution in [0.5, 0.6) is 0 Å². The lowest BCUT2D eigenvalue weighted by molar-refractivity contribution is -0.267. The second-order valence-corrected chi connectivity index (χ2v) is 23.0. The van der Waals surface area contributed by atoms with Crippen molar-refractivity contribution in [2.24, 2.45) is 0 Å². The van der Waals surface area contributed by atoms with Gasteiger partial charge >= 0.3 is 5.97 Å². The standard InChI is InChI=1S/C26H47BrO7Si2/c1-25(2,3)35(8,9)33-23-21(18(28)14-15-27)32-19-13-12-17(16-20(29)30-7)31-22(19)24(23)34-36(10,11)26(4,5)6/h17-19,21-24,28H,12-13,16H2,1-11H3/t17-,18+,19+,21+,22+,23-,24+/m1/s1. The highest BCUT2D eigenvalue weighted by Crippen LogP contribution is 2.45. The van der Waals surface area contributed by atoms with Crippen molar-refractivity contribution in [3.8, 4) is 10.8 Å². The maximum atomic E-state index is 12.0. The van der Waals surface area contributed by atoms with E-state index in [1.54, 1.807) is 0 Å². The SMILES string of the molecule is COC(=O)C[C@H]1CC[C@@H]2O[C@@H]([C@@H](O)C#CBr)[C@@H](O[Si](C)(C)C(C)(C)C)[C@@H](O[Si](C)(C)C(C)(C)C)[C@H]2O1. The summed E-state index contributed by atoms with van der Waals surface area (Å²) < 4.78 is 32.0. The van der Waals surface area contributed by atoms with Crippen molar-refractivity contribution in [1.82, 2.24) is 0 Å². The average molecular weight is 608 g/mol. The molecule has 0 aromatic rings. The molecule has 10 heteroatoms. The van der Waals surface area contributed by atoms with Crippen molar-refractivity contribution in [3.05, 3.63) is 0 Å². The first-order valence-corrected chi connectivity index (χ1v) is 19.5. The van der Waals surface area contributed by atoms with E-state index in [9.17, 15) is 9.90 Å². The molecule has 2 heterocycles. The topological polar surface area (TPSA) is 83.5 Å². The number of carbonyl (C=O) groups is 1. The maximum Gasteiger partial charge on any atom is 0.308 e. The number of aliphatic hydroxyl groups is 1. The van der Waals surface area contributed by atoms with Gasteiger partial charge in [0, 0.05) is 15.9 Å². The Kier molecular flexibility index (Phi) is 10.5. The number of halogens is 1. The lowest BCUT2D eigenvalue weighted by Gasteiger charge is -2.55. The molecule has 7 atom stereocenters. The van der Waals surface area contributed by atoms with E-state index in [-0.39, 0.29) is 34.7 Å². The van der Waals surface area contributed by atoms with Gasteiger partial charge in [-0.2, -0.15) is 0 Å². The molecular weight excluding hydrogens is 560 g/mol. The molecule has 36 heavy (non-hydrogen) atoms. The Bertz CT molecular complexity index is 825. The van der Waals surface area contributed by atoms with Crippen molar-refractivity contribution in [3.63, 3.8) is 0 Å². The van der Waals surface area contributed by atoms with Crippen LogP contribution in [-0.2, 0) is 27.9 Å². The smallest absolute Gasteiger partial charge is 0.308 e. The van der Waals surface area contributed by atoms with Crippen LogP contribution in [0.15, 0.2) is 0 Å². The van der Waals surface area contributed by atoms with Crippen LogP contribution in [0.4, 0.5) is 0 Å². The van der Waals surface area contributed by atoms with Gasteiger partial charge in [0.1, 0.15) is 30.5 Å². The van der Waals surface area contributed by atoms with Gasteiger partial charge in [0.25, 0.3) is 0 Å². The van der Waals surface area contributed by atoms with Crippen LogP contribution < -0.4 is 0 Å². The number of hydrogen-bond acceptors (Lipinski definition) is 7. The maximum absolute atomic E-state index is 12.0. The minimum Gasteiger partial charge on any atom is -0.469 e. The zero-order chi connectivity index (χ0) is 27.7. The van der Waals surface area contributed by atoms with Crippen molar-refractivity contribution < 1.29 is 33.0 Å². The summed E-state index contributed by atoms with van der Waals surface area (Å²) in [5.41, 5.74) is 0. The third-order valence-electron chi connectivity index (χ3n) is 8.40. The average Bonchev–Trinajstić information content (AvgIpc) is 2.73. The Morgan fingerprint density at radius 2 is 1.53 bits per heavy atom. The Labute approximate surface area is 228 Å². The van der Waals surface area contributed by atoms with E-state index in [0.29, 0.717) is 12.8 Å². The second kappa shape index (κ2) is 11.9. The fourth-order valence-corrected chi connectivity index (χ4v) is 6.93. The van der Waals surface area contributed by atoms with E-state index >= 15 is 0 Å². The first kappa shape index (κ1) is 32.0. The van der Waals surface area contributed by atoms with Crippen LogP contribution in [0.1, 0.15) is 60.8 Å². The molecule has 0 bridgehead atoms. The van der Waals surface area contributed by atoms with Gasteiger partial charge in [0.05, 0.1) is 25.7 Å². The molecule has 0 aliphatic carbocycles. The molecule has 0 spiro atoms. The molecule has 2 aliphatic rings. The van der Waals surface area contributed by atoms with Gasteiger partial charge in [0.2, 0.25) is 0 Å². The summed E-state index contributed by atoms with van der Waals surface area (Å²) in [7, 11) is -3.22. The summed E-state index contributed by atoms with van der Waals surface area (Å²) in [6.45, 7) is 21.9. The molecule has 7 nitrogen and oxygen atoms in total. The van der Waals surface area contributed by atoms with Crippen LogP contribution >= 0.6 is 15.9 Å². The number of carbonyl (C=O) groups excluding carboxylic acids is 1. The highest BCUT2D eigenvalue weighted by Gasteiger charge is 2.56. The summed E-state index contributed by atoms with van der Waals surface area (Å²) in [5, 5.41) is 11.0. The fraction of sp³-hybridized carbons (Fsp3) is 0.885. The molecule has 0 radical (unpaired) electrons. The quantitative estimate of drug-likeness (QED) is 0.237. The second-order valence-electron chi connectivity index (χ2n) is 13.1. The minimum absolute atomic E-state index is 0.0494. The predicted octanol–water partition coefficient (Wildman–Crippen LogP) is 5.36. The van der Waals surface area contributed by atoms with Crippen molar-refractivity contribution in [1.29, 1.82) is 0 Å². The molecular formula is C26H47BrO7Si2. The van der Waals surface area contributed by atoms with Crippen LogP contribution in [0, 0.1) is 10.8 Å². The third kappa shape index (κ3) is 7.44. The number of methoxy groups -OCH3 is 1. The molecule has 0 aromatic heterocycles. The predicted molar refractivity (Wildman–Crippen MR) is 150 cm³/mol. The Morgan fingerprint density at radius 3 is 2.00 bits per heavy atom. The van der Waals surface area contributed by atoms with Gasteiger partial charge in [-0.3, -0.25) is 4.79 Å². The number of fused-ring (bicyclic) bond motifs is 1. The minimum atomic E-state index is -2.32. The molecule has 2 aliphatic heterocycles.